The van der Waals surface area contributed by atoms with Gasteiger partial charge >= 0.3 is 0 Å². The van der Waals surface area contributed by atoms with Gasteiger partial charge in [-0.15, -0.1) is 0 Å². The molecule has 1 aromatic heterocycles. The molecule has 2 aromatic carbocycles. The van der Waals surface area contributed by atoms with E-state index in [0.717, 1.165) is 5.56 Å². The van der Waals surface area contributed by atoms with Gasteiger partial charge in [0.2, 0.25) is 6.79 Å². The van der Waals surface area contributed by atoms with Crippen molar-refractivity contribution in [1.82, 2.24) is 5.32 Å². The summed E-state index contributed by atoms with van der Waals surface area (Å²) in [5, 5.41) is 5.65. The number of anilines is 1. The van der Waals surface area contributed by atoms with Crippen LogP contribution in [0.5, 0.6) is 11.5 Å². The third kappa shape index (κ3) is 3.55. The molecule has 0 spiro atoms. The summed E-state index contributed by atoms with van der Waals surface area (Å²) in [5.74, 6) is 0.788. The van der Waals surface area contributed by atoms with Crippen LogP contribution in [-0.2, 0) is 0 Å². The Labute approximate surface area is 161 Å². The number of furan rings is 1. The van der Waals surface area contributed by atoms with Crippen LogP contribution in [0.1, 0.15) is 39.4 Å². The van der Waals surface area contributed by atoms with E-state index in [1.54, 1.807) is 36.4 Å². The van der Waals surface area contributed by atoms with Crippen LogP contribution < -0.4 is 20.1 Å². The highest BCUT2D eigenvalue weighted by Gasteiger charge is 2.19. The first-order valence-electron chi connectivity index (χ1n) is 8.76. The zero-order valence-corrected chi connectivity index (χ0v) is 15.1. The summed E-state index contributed by atoms with van der Waals surface area (Å²) in [4.78, 5) is 25.0. The van der Waals surface area contributed by atoms with Crippen LogP contribution in [0.25, 0.3) is 0 Å². The largest absolute Gasteiger partial charge is 0.459 e. The van der Waals surface area contributed by atoms with Gasteiger partial charge in [0.25, 0.3) is 11.8 Å². The zero-order chi connectivity index (χ0) is 19.5. The summed E-state index contributed by atoms with van der Waals surface area (Å²) in [6, 6.07) is 15.3. The number of amides is 2. The molecule has 3 aromatic rings. The number of benzene rings is 2. The van der Waals surface area contributed by atoms with Crippen LogP contribution in [0.4, 0.5) is 5.69 Å². The van der Waals surface area contributed by atoms with Crippen molar-refractivity contribution in [2.45, 2.75) is 13.0 Å². The van der Waals surface area contributed by atoms with Gasteiger partial charge in [-0.25, -0.2) is 0 Å². The highest BCUT2D eigenvalue weighted by molar-refractivity contribution is 6.07. The molecule has 1 aliphatic heterocycles. The summed E-state index contributed by atoms with van der Waals surface area (Å²) >= 11 is 0. The zero-order valence-electron chi connectivity index (χ0n) is 15.1. The summed E-state index contributed by atoms with van der Waals surface area (Å²) in [7, 11) is 0. The number of hydrogen-bond donors (Lipinski definition) is 2. The number of carbonyl (C=O) groups is 2. The molecule has 4 rings (SSSR count). The average Bonchev–Trinajstić information content (AvgIpc) is 3.39. The van der Waals surface area contributed by atoms with E-state index in [-0.39, 0.29) is 24.5 Å². The molecule has 1 atom stereocenters. The van der Waals surface area contributed by atoms with Crippen molar-refractivity contribution in [2.24, 2.45) is 0 Å². The molecule has 0 bridgehead atoms. The predicted octanol–water partition coefficient (Wildman–Crippen LogP) is 3.75. The number of nitrogens with one attached hydrogen (secondary N) is 2. The van der Waals surface area contributed by atoms with Gasteiger partial charge in [-0.2, -0.15) is 0 Å². The molecule has 0 saturated carbocycles. The molecule has 0 aliphatic carbocycles. The van der Waals surface area contributed by atoms with Crippen molar-refractivity contribution in [3.05, 3.63) is 77.7 Å². The number of ether oxygens (including phenoxy) is 2. The fourth-order valence-electron chi connectivity index (χ4n) is 2.92. The number of rotatable bonds is 5. The smallest absolute Gasteiger partial charge is 0.291 e. The maximum absolute atomic E-state index is 12.8. The lowest BCUT2D eigenvalue weighted by atomic mass is 10.1. The Morgan fingerprint density at radius 3 is 2.61 bits per heavy atom. The van der Waals surface area contributed by atoms with E-state index in [1.807, 2.05) is 25.1 Å². The number of para-hydroxylation sites is 1. The molecule has 142 valence electrons. The predicted molar refractivity (Wildman–Crippen MR) is 102 cm³/mol. The maximum Gasteiger partial charge on any atom is 0.291 e. The van der Waals surface area contributed by atoms with Gasteiger partial charge in [-0.05, 0) is 48.9 Å². The Hall–Kier alpha value is -3.74. The number of fused-ring (bicyclic) bond motifs is 1. The van der Waals surface area contributed by atoms with Crippen LogP contribution in [0, 0.1) is 0 Å². The van der Waals surface area contributed by atoms with Crippen molar-refractivity contribution < 1.29 is 23.5 Å². The quantitative estimate of drug-likeness (QED) is 0.706. The third-order valence-corrected chi connectivity index (χ3v) is 4.41. The van der Waals surface area contributed by atoms with Crippen LogP contribution in [0.15, 0.2) is 65.3 Å². The minimum atomic E-state index is -0.422. The lowest BCUT2D eigenvalue weighted by Crippen LogP contribution is -2.28. The molecular weight excluding hydrogens is 360 g/mol. The van der Waals surface area contributed by atoms with Gasteiger partial charge in [0.1, 0.15) is 0 Å². The minimum absolute atomic E-state index is 0.170. The molecular formula is C21H18N2O5. The lowest BCUT2D eigenvalue weighted by Gasteiger charge is -2.16. The van der Waals surface area contributed by atoms with Crippen LogP contribution in [0.3, 0.4) is 0 Å². The Morgan fingerprint density at radius 2 is 1.79 bits per heavy atom. The second kappa shape index (κ2) is 7.48. The minimum Gasteiger partial charge on any atom is -0.459 e. The molecule has 0 saturated heterocycles. The third-order valence-electron chi connectivity index (χ3n) is 4.41. The van der Waals surface area contributed by atoms with Crippen LogP contribution in [-0.4, -0.2) is 18.6 Å². The Kier molecular flexibility index (Phi) is 4.72. The van der Waals surface area contributed by atoms with Gasteiger partial charge < -0.3 is 24.5 Å². The standard InChI is InChI=1S/C21H18N2O5/c1-13(14-8-9-17-19(11-14)28-12-27-17)22-20(24)15-5-2-3-6-16(15)23-21(25)18-7-4-10-26-18/h2-11,13H,12H2,1H3,(H,22,24)(H,23,25)/t13-/m0/s1. The highest BCUT2D eigenvalue weighted by atomic mass is 16.7. The topological polar surface area (TPSA) is 89.8 Å². The van der Waals surface area contributed by atoms with Gasteiger partial charge in [0.05, 0.1) is 23.6 Å². The van der Waals surface area contributed by atoms with Crippen LogP contribution in [0.2, 0.25) is 0 Å². The van der Waals surface area contributed by atoms with Crippen molar-refractivity contribution in [3.63, 3.8) is 0 Å². The Morgan fingerprint density at radius 1 is 0.964 bits per heavy atom. The van der Waals surface area contributed by atoms with Crippen molar-refractivity contribution in [1.29, 1.82) is 0 Å². The Balaban J connectivity index is 1.49. The first-order valence-corrected chi connectivity index (χ1v) is 8.76. The molecule has 2 N–H and O–H groups in total. The normalized spacial score (nSPS) is 13.0. The fraction of sp³-hybridized carbons (Fsp3) is 0.143. The second-order valence-corrected chi connectivity index (χ2v) is 6.28. The van der Waals surface area contributed by atoms with Gasteiger partial charge in [-0.3, -0.25) is 9.59 Å². The molecule has 0 fully saturated rings. The summed E-state index contributed by atoms with van der Waals surface area (Å²) in [5.41, 5.74) is 1.64. The summed E-state index contributed by atoms with van der Waals surface area (Å²) in [6.07, 6.45) is 1.42. The average molecular weight is 378 g/mol. The molecule has 28 heavy (non-hydrogen) atoms. The van der Waals surface area contributed by atoms with E-state index in [1.165, 1.54) is 6.26 Å². The SMILES string of the molecule is C[C@H](NC(=O)c1ccccc1NC(=O)c1ccco1)c1ccc2c(c1)OCO2. The summed E-state index contributed by atoms with van der Waals surface area (Å²) < 4.78 is 15.8. The first kappa shape index (κ1) is 17.7. The number of hydrogen-bond acceptors (Lipinski definition) is 5. The molecule has 1 aliphatic rings. The monoisotopic (exact) mass is 378 g/mol. The van der Waals surface area contributed by atoms with E-state index >= 15 is 0 Å². The van der Waals surface area contributed by atoms with Gasteiger partial charge in [0, 0.05) is 0 Å². The van der Waals surface area contributed by atoms with E-state index < -0.39 is 5.91 Å². The highest BCUT2D eigenvalue weighted by Crippen LogP contribution is 2.34. The molecule has 7 nitrogen and oxygen atoms in total. The molecule has 2 amide bonds. The molecule has 2 heterocycles. The van der Waals surface area contributed by atoms with E-state index in [0.29, 0.717) is 22.7 Å². The Bertz CT molecular complexity index is 1010. The van der Waals surface area contributed by atoms with Crippen LogP contribution >= 0.6 is 0 Å². The first-order chi connectivity index (χ1) is 13.6. The molecule has 7 heteroatoms. The van der Waals surface area contributed by atoms with E-state index in [9.17, 15) is 9.59 Å². The van der Waals surface area contributed by atoms with E-state index in [2.05, 4.69) is 10.6 Å². The van der Waals surface area contributed by atoms with Gasteiger partial charge in [0.15, 0.2) is 17.3 Å². The van der Waals surface area contributed by atoms with E-state index in [4.69, 9.17) is 13.9 Å². The lowest BCUT2D eigenvalue weighted by molar-refractivity contribution is 0.0940. The van der Waals surface area contributed by atoms with Crippen molar-refractivity contribution >= 4 is 17.5 Å². The van der Waals surface area contributed by atoms with Crippen molar-refractivity contribution in [2.75, 3.05) is 12.1 Å². The molecule has 0 unspecified atom stereocenters. The van der Waals surface area contributed by atoms with Gasteiger partial charge in [-0.1, -0.05) is 18.2 Å². The fourth-order valence-corrected chi connectivity index (χ4v) is 2.92. The summed E-state index contributed by atoms with van der Waals surface area (Å²) in [6.45, 7) is 2.07. The maximum atomic E-state index is 12.8. The van der Waals surface area contributed by atoms with Crippen molar-refractivity contribution in [3.8, 4) is 11.5 Å². The number of carbonyl (C=O) groups excluding carboxylic acids is 2. The second-order valence-electron chi connectivity index (χ2n) is 6.28. The molecule has 0 radical (unpaired) electrons.